The van der Waals surface area contributed by atoms with E-state index in [1.807, 2.05) is 0 Å². The molecule has 0 aliphatic rings. The highest BCUT2D eigenvalue weighted by atomic mass is 19.1. The first-order chi connectivity index (χ1) is 11.6. The highest BCUT2D eigenvalue weighted by Crippen LogP contribution is 2.27. The van der Waals surface area contributed by atoms with Crippen LogP contribution in [0.25, 0.3) is 10.9 Å². The molecule has 0 amide bonds. The monoisotopic (exact) mass is 326 g/mol. The third-order valence-corrected chi connectivity index (χ3v) is 3.51. The Morgan fingerprint density at radius 3 is 2.92 bits per heavy atom. The molecule has 3 rings (SSSR count). The van der Waals surface area contributed by atoms with Crippen molar-refractivity contribution >= 4 is 28.8 Å². The summed E-state index contributed by atoms with van der Waals surface area (Å²) < 4.78 is 18.4. The molecule has 0 bridgehead atoms. The molecule has 0 radical (unpaired) electrons. The summed E-state index contributed by atoms with van der Waals surface area (Å²) in [5.74, 6) is -1.00. The lowest BCUT2D eigenvalue weighted by Crippen LogP contribution is -2.04. The molecule has 2 N–H and O–H groups in total. The largest absolute Gasteiger partial charge is 0.494 e. The number of aliphatic imine (C=N–C) groups is 1. The van der Waals surface area contributed by atoms with Gasteiger partial charge in [0.05, 0.1) is 23.4 Å². The number of hydrogen-bond acceptors (Lipinski definition) is 4. The number of aromatic hydroxyl groups is 1. The molecule has 0 atom stereocenters. The van der Waals surface area contributed by atoms with Crippen LogP contribution in [0.3, 0.4) is 0 Å². The van der Waals surface area contributed by atoms with E-state index >= 15 is 0 Å². The van der Waals surface area contributed by atoms with Gasteiger partial charge in [0.15, 0.2) is 5.88 Å². The van der Waals surface area contributed by atoms with E-state index in [4.69, 9.17) is 4.74 Å². The summed E-state index contributed by atoms with van der Waals surface area (Å²) in [7, 11) is 0. The predicted molar refractivity (Wildman–Crippen MR) is 89.6 cm³/mol. The molecule has 0 fully saturated rings. The number of halogens is 1. The summed E-state index contributed by atoms with van der Waals surface area (Å²) in [6, 6.07) is 10.9. The molecular weight excluding hydrogens is 311 g/mol. The quantitative estimate of drug-likeness (QED) is 0.563. The van der Waals surface area contributed by atoms with Crippen molar-refractivity contribution in [2.24, 2.45) is 4.99 Å². The molecule has 24 heavy (non-hydrogen) atoms. The zero-order valence-electron chi connectivity index (χ0n) is 12.9. The molecule has 122 valence electrons. The van der Waals surface area contributed by atoms with Gasteiger partial charge in [0.25, 0.3) is 0 Å². The average molecular weight is 326 g/mol. The first kappa shape index (κ1) is 15.7. The molecule has 1 heterocycles. The predicted octanol–water partition coefficient (Wildman–Crippen LogP) is 3.94. The van der Waals surface area contributed by atoms with Gasteiger partial charge in [-0.15, -0.1) is 0 Å². The number of para-hydroxylation sites is 1. The average Bonchev–Trinajstić information content (AvgIpc) is 2.88. The van der Waals surface area contributed by atoms with Crippen LogP contribution in [-0.2, 0) is 4.74 Å². The Balaban J connectivity index is 2.02. The van der Waals surface area contributed by atoms with Gasteiger partial charge in [0.2, 0.25) is 0 Å². The molecular formula is C18H15FN2O3. The molecule has 0 saturated carbocycles. The molecule has 1 aromatic heterocycles. The Bertz CT molecular complexity index is 931. The summed E-state index contributed by atoms with van der Waals surface area (Å²) >= 11 is 0. The maximum atomic E-state index is 13.4. The van der Waals surface area contributed by atoms with Gasteiger partial charge in [-0.2, -0.15) is 0 Å². The highest BCUT2D eigenvalue weighted by Gasteiger charge is 2.13. The number of aromatic nitrogens is 1. The Kier molecular flexibility index (Phi) is 4.29. The zero-order chi connectivity index (χ0) is 17.1. The van der Waals surface area contributed by atoms with Gasteiger partial charge in [-0.05, 0) is 37.3 Å². The van der Waals surface area contributed by atoms with Crippen molar-refractivity contribution in [3.05, 3.63) is 59.4 Å². The maximum absolute atomic E-state index is 13.4. The van der Waals surface area contributed by atoms with E-state index in [2.05, 4.69) is 9.98 Å². The van der Waals surface area contributed by atoms with Crippen LogP contribution in [0.2, 0.25) is 0 Å². The van der Waals surface area contributed by atoms with Crippen LogP contribution in [0.5, 0.6) is 5.88 Å². The topological polar surface area (TPSA) is 74.7 Å². The van der Waals surface area contributed by atoms with Crippen molar-refractivity contribution in [2.45, 2.75) is 6.92 Å². The SMILES string of the molecule is CCOC(=O)c1ccccc1N=Cc1c(O)[nH]c2ccc(F)cc12. The Hall–Kier alpha value is -3.15. The number of carbonyl (C=O) groups excluding carboxylic acids is 1. The minimum Gasteiger partial charge on any atom is -0.494 e. The third-order valence-electron chi connectivity index (χ3n) is 3.51. The molecule has 0 aliphatic carbocycles. The van der Waals surface area contributed by atoms with Gasteiger partial charge in [-0.25, -0.2) is 9.18 Å². The number of fused-ring (bicyclic) bond motifs is 1. The minimum atomic E-state index is -0.473. The number of hydrogen-bond donors (Lipinski definition) is 2. The van der Waals surface area contributed by atoms with Crippen molar-refractivity contribution in [3.63, 3.8) is 0 Å². The summed E-state index contributed by atoms with van der Waals surface area (Å²) in [5, 5.41) is 10.5. The molecule has 0 saturated heterocycles. The van der Waals surface area contributed by atoms with Crippen molar-refractivity contribution in [1.29, 1.82) is 0 Å². The van der Waals surface area contributed by atoms with Crippen molar-refractivity contribution in [2.75, 3.05) is 6.61 Å². The van der Waals surface area contributed by atoms with E-state index in [1.54, 1.807) is 31.2 Å². The normalized spacial score (nSPS) is 11.2. The van der Waals surface area contributed by atoms with Crippen LogP contribution >= 0.6 is 0 Å². The number of nitrogens with one attached hydrogen (secondary N) is 1. The van der Waals surface area contributed by atoms with E-state index in [-0.39, 0.29) is 12.5 Å². The number of aromatic amines is 1. The van der Waals surface area contributed by atoms with Gasteiger partial charge < -0.3 is 14.8 Å². The Morgan fingerprint density at radius 1 is 1.33 bits per heavy atom. The summed E-state index contributed by atoms with van der Waals surface area (Å²) in [6.45, 7) is 1.99. The van der Waals surface area contributed by atoms with Gasteiger partial charge in [0.1, 0.15) is 5.82 Å². The second-order valence-corrected chi connectivity index (χ2v) is 5.07. The van der Waals surface area contributed by atoms with Crippen LogP contribution in [-0.4, -0.2) is 28.9 Å². The second-order valence-electron chi connectivity index (χ2n) is 5.07. The van der Waals surface area contributed by atoms with Crippen molar-refractivity contribution < 1.29 is 19.0 Å². The molecule has 5 nitrogen and oxygen atoms in total. The number of benzene rings is 2. The molecule has 6 heteroatoms. The van der Waals surface area contributed by atoms with Gasteiger partial charge in [-0.1, -0.05) is 12.1 Å². The fourth-order valence-corrected chi connectivity index (χ4v) is 2.40. The molecule has 0 unspecified atom stereocenters. The maximum Gasteiger partial charge on any atom is 0.340 e. The molecule has 2 aromatic carbocycles. The number of H-pyrrole nitrogens is 1. The van der Waals surface area contributed by atoms with E-state index in [1.165, 1.54) is 24.4 Å². The summed E-state index contributed by atoms with van der Waals surface area (Å²) in [4.78, 5) is 19.0. The zero-order valence-corrected chi connectivity index (χ0v) is 12.9. The van der Waals surface area contributed by atoms with E-state index in [9.17, 15) is 14.3 Å². The molecule has 0 aliphatic heterocycles. The van der Waals surface area contributed by atoms with Crippen molar-refractivity contribution in [3.8, 4) is 5.88 Å². The molecule has 3 aromatic rings. The Morgan fingerprint density at radius 2 is 2.12 bits per heavy atom. The van der Waals surface area contributed by atoms with Gasteiger partial charge in [0, 0.05) is 17.1 Å². The summed E-state index contributed by atoms with van der Waals surface area (Å²) in [6.07, 6.45) is 1.39. The van der Waals surface area contributed by atoms with E-state index in [0.717, 1.165) is 0 Å². The van der Waals surface area contributed by atoms with Crippen LogP contribution in [0.4, 0.5) is 10.1 Å². The lowest BCUT2D eigenvalue weighted by Gasteiger charge is -2.04. The highest BCUT2D eigenvalue weighted by molar-refractivity contribution is 6.03. The first-order valence-electron chi connectivity index (χ1n) is 7.40. The fraction of sp³-hybridized carbons (Fsp3) is 0.111. The van der Waals surface area contributed by atoms with Gasteiger partial charge >= 0.3 is 5.97 Å². The van der Waals surface area contributed by atoms with Crippen LogP contribution < -0.4 is 0 Å². The van der Waals surface area contributed by atoms with Crippen LogP contribution in [0.15, 0.2) is 47.5 Å². The fourth-order valence-electron chi connectivity index (χ4n) is 2.40. The molecule has 0 spiro atoms. The van der Waals surface area contributed by atoms with Crippen LogP contribution in [0.1, 0.15) is 22.8 Å². The summed E-state index contributed by atoms with van der Waals surface area (Å²) in [5.41, 5.74) is 1.67. The van der Waals surface area contributed by atoms with Gasteiger partial charge in [-0.3, -0.25) is 4.99 Å². The van der Waals surface area contributed by atoms with E-state index < -0.39 is 11.8 Å². The number of carbonyl (C=O) groups is 1. The standard InChI is InChI=1S/C18H15FN2O3/c1-2-24-18(23)12-5-3-4-6-15(12)20-10-14-13-9-11(19)7-8-16(13)21-17(14)22/h3-10,21-22H,2H2,1H3. The second kappa shape index (κ2) is 6.54. The lowest BCUT2D eigenvalue weighted by molar-refractivity contribution is 0.0527. The smallest absolute Gasteiger partial charge is 0.340 e. The number of esters is 1. The van der Waals surface area contributed by atoms with Crippen LogP contribution in [0, 0.1) is 5.82 Å². The lowest BCUT2D eigenvalue weighted by atomic mass is 10.1. The van der Waals surface area contributed by atoms with Crippen molar-refractivity contribution in [1.82, 2.24) is 4.98 Å². The van der Waals surface area contributed by atoms with E-state index in [0.29, 0.717) is 27.7 Å². The number of rotatable bonds is 4. The third kappa shape index (κ3) is 2.99. The number of nitrogens with zero attached hydrogens (tertiary/aromatic N) is 1. The minimum absolute atomic E-state index is 0.118. The Labute approximate surface area is 137 Å². The first-order valence-corrected chi connectivity index (χ1v) is 7.40. The number of ether oxygens (including phenoxy) is 1.